The molecule has 8 atom stereocenters. The second kappa shape index (κ2) is 13.1. The second-order valence-electron chi connectivity index (χ2n) is 19.2. The fourth-order valence-electron chi connectivity index (χ4n) is 12.7. The number of urea groups is 1. The molecular formula is C40H64ClN3O6. The Morgan fingerprint density at radius 3 is 2.22 bits per heavy atom. The van der Waals surface area contributed by atoms with Crippen molar-refractivity contribution in [3.8, 4) is 0 Å². The molecule has 9 nitrogen and oxygen atoms in total. The number of carboxylic acid groups (broad SMARTS) is 1. The molecular weight excluding hydrogens is 654 g/mol. The van der Waals surface area contributed by atoms with Gasteiger partial charge in [0.2, 0.25) is 0 Å². The minimum absolute atomic E-state index is 0. The van der Waals surface area contributed by atoms with Gasteiger partial charge in [0.1, 0.15) is 6.10 Å². The number of carbonyl (C=O) groups excluding carboxylic acids is 3. The highest BCUT2D eigenvalue weighted by Crippen LogP contribution is 2.76. The van der Waals surface area contributed by atoms with Crippen molar-refractivity contribution in [2.24, 2.45) is 50.7 Å². The van der Waals surface area contributed by atoms with E-state index in [-0.39, 0.29) is 70.2 Å². The topological polar surface area (TPSA) is 125 Å². The van der Waals surface area contributed by atoms with Gasteiger partial charge in [-0.05, 0) is 116 Å². The van der Waals surface area contributed by atoms with Gasteiger partial charge in [0, 0.05) is 38.0 Å². The number of amides is 2. The zero-order chi connectivity index (χ0) is 35.9. The van der Waals surface area contributed by atoms with E-state index < -0.39 is 22.9 Å². The lowest BCUT2D eigenvalue weighted by molar-refractivity contribution is -0.232. The average molecular weight is 718 g/mol. The first-order chi connectivity index (χ1) is 22.7. The maximum absolute atomic E-state index is 13.9. The molecule has 0 bridgehead atoms. The van der Waals surface area contributed by atoms with E-state index >= 15 is 0 Å². The summed E-state index contributed by atoms with van der Waals surface area (Å²) in [6, 6.07) is -0.0282. The summed E-state index contributed by atoms with van der Waals surface area (Å²) < 4.78 is 6.15. The van der Waals surface area contributed by atoms with Crippen molar-refractivity contribution in [1.82, 2.24) is 15.5 Å². The maximum Gasteiger partial charge on any atom is 0.318 e. The predicted molar refractivity (Wildman–Crippen MR) is 196 cm³/mol. The van der Waals surface area contributed by atoms with Crippen molar-refractivity contribution >= 4 is 36.2 Å². The first-order valence-electron chi connectivity index (χ1n) is 19.2. The van der Waals surface area contributed by atoms with Crippen LogP contribution < -0.4 is 10.6 Å². The Morgan fingerprint density at radius 2 is 1.60 bits per heavy atom. The third-order valence-electron chi connectivity index (χ3n) is 15.6. The third kappa shape index (κ3) is 5.83. The number of carboxylic acids is 1. The first kappa shape index (κ1) is 39.1. The van der Waals surface area contributed by atoms with Gasteiger partial charge in [-0.15, -0.1) is 12.4 Å². The van der Waals surface area contributed by atoms with Crippen LogP contribution in [0, 0.1) is 50.7 Å². The number of fused-ring (bicyclic) bond motifs is 7. The summed E-state index contributed by atoms with van der Waals surface area (Å²) in [6.07, 6.45) is 7.79. The molecule has 0 aromatic carbocycles. The van der Waals surface area contributed by atoms with E-state index in [4.69, 9.17) is 4.74 Å². The minimum Gasteiger partial charge on any atom is -0.481 e. The quantitative estimate of drug-likeness (QED) is 0.249. The second-order valence-corrected chi connectivity index (χ2v) is 19.2. The lowest BCUT2D eigenvalue weighted by Crippen LogP contribution is -2.68. The molecule has 0 radical (unpaired) electrons. The molecule has 0 aromatic heterocycles. The Morgan fingerprint density at radius 1 is 0.940 bits per heavy atom. The molecule has 10 heteroatoms. The van der Waals surface area contributed by atoms with Gasteiger partial charge in [-0.25, -0.2) is 4.79 Å². The fraction of sp³-hybridized carbons (Fsp3) is 0.850. The summed E-state index contributed by atoms with van der Waals surface area (Å²) in [5.74, 6) is 0.0358. The summed E-state index contributed by atoms with van der Waals surface area (Å²) in [4.78, 5) is 54.4. The molecule has 2 amide bonds. The number of rotatable bonds is 6. The van der Waals surface area contributed by atoms with Crippen LogP contribution in [0.25, 0.3) is 0 Å². The first-order valence-corrected chi connectivity index (χ1v) is 19.2. The number of esters is 1. The van der Waals surface area contributed by atoms with Gasteiger partial charge < -0.3 is 25.4 Å². The van der Waals surface area contributed by atoms with Gasteiger partial charge in [-0.1, -0.05) is 48.5 Å². The molecule has 5 fully saturated rings. The number of hydrogen-bond donors (Lipinski definition) is 3. The predicted octanol–water partition coefficient (Wildman–Crippen LogP) is 7.17. The van der Waals surface area contributed by atoms with Crippen LogP contribution in [0.3, 0.4) is 0 Å². The molecule has 1 aliphatic heterocycles. The molecule has 0 unspecified atom stereocenters. The molecule has 3 N–H and O–H groups in total. The Balaban J connectivity index is 0.00000486. The molecule has 1 heterocycles. The van der Waals surface area contributed by atoms with Gasteiger partial charge in [0.15, 0.2) is 5.78 Å². The number of halogens is 1. The monoisotopic (exact) mass is 717 g/mol. The van der Waals surface area contributed by atoms with E-state index in [1.807, 2.05) is 4.90 Å². The summed E-state index contributed by atoms with van der Waals surface area (Å²) in [5, 5.41) is 16.5. The van der Waals surface area contributed by atoms with E-state index in [2.05, 4.69) is 59.1 Å². The van der Waals surface area contributed by atoms with Crippen molar-refractivity contribution in [3.63, 3.8) is 0 Å². The van der Waals surface area contributed by atoms with Crippen LogP contribution in [-0.2, 0) is 19.1 Å². The van der Waals surface area contributed by atoms with Gasteiger partial charge in [0.05, 0.1) is 17.4 Å². The summed E-state index contributed by atoms with van der Waals surface area (Å²) in [6.45, 7) is 22.5. The standard InChI is InChI=1S/C40H63N3O6.ClH/c1-24(2)31-26(44)22-40(42-34(48)43-20-18-41-19-21-43)17-16-38(8)25(32(31)40)10-11-28-37(7)14-13-29(49-30(45)23-35(3,4)33(46)47)36(5,6)27(37)12-15-39(28,38)9;/h24-25,27-29,41H,10-23H2,1-9H3,(H,42,48)(H,46,47);1H/t25-,27+,28-,29+,37+,38-,39-,40-;/m1./s1. The number of Topliss-reactive ketones (excluding diaryl/α,β-unsaturated/α-hetero) is 1. The maximum atomic E-state index is 13.9. The molecule has 6 aliphatic rings. The lowest BCUT2D eigenvalue weighted by atomic mass is 9.33. The number of hydrogen-bond acceptors (Lipinski definition) is 6. The Labute approximate surface area is 306 Å². The number of nitrogens with one attached hydrogen (secondary N) is 2. The molecule has 282 valence electrons. The molecule has 1 saturated heterocycles. The number of carbonyl (C=O) groups is 4. The van der Waals surface area contributed by atoms with Crippen LogP contribution in [0.5, 0.6) is 0 Å². The van der Waals surface area contributed by atoms with Crippen LogP contribution in [0.2, 0.25) is 0 Å². The molecule has 6 rings (SSSR count). The molecule has 0 spiro atoms. The fourth-order valence-corrected chi connectivity index (χ4v) is 12.7. The van der Waals surface area contributed by atoms with Gasteiger partial charge in [-0.2, -0.15) is 0 Å². The molecule has 0 aromatic rings. The average Bonchev–Trinajstić information content (AvgIpc) is 3.30. The molecule has 5 aliphatic carbocycles. The molecule has 4 saturated carbocycles. The van der Waals surface area contributed by atoms with Crippen LogP contribution in [0.15, 0.2) is 11.1 Å². The number of ketones is 1. The number of nitrogens with zero attached hydrogens (tertiary/aromatic N) is 1. The normalized spacial score (nSPS) is 39.4. The number of piperazine rings is 1. The summed E-state index contributed by atoms with van der Waals surface area (Å²) in [5.41, 5.74) is 0.364. The highest BCUT2D eigenvalue weighted by Gasteiger charge is 2.70. The third-order valence-corrected chi connectivity index (χ3v) is 15.6. The van der Waals surface area contributed by atoms with Crippen molar-refractivity contribution in [2.45, 2.75) is 138 Å². The highest BCUT2D eigenvalue weighted by molar-refractivity contribution is 6.02. The number of ether oxygens (including phenoxy) is 1. The Hall–Kier alpha value is -2.13. The van der Waals surface area contributed by atoms with E-state index in [9.17, 15) is 24.3 Å². The highest BCUT2D eigenvalue weighted by atomic mass is 35.5. The Kier molecular flexibility index (Phi) is 10.2. The van der Waals surface area contributed by atoms with Gasteiger partial charge >= 0.3 is 18.0 Å². The van der Waals surface area contributed by atoms with Crippen molar-refractivity contribution in [2.75, 3.05) is 26.2 Å². The van der Waals surface area contributed by atoms with E-state index in [1.165, 1.54) is 5.57 Å². The van der Waals surface area contributed by atoms with E-state index in [0.717, 1.165) is 70.0 Å². The number of aliphatic carboxylic acids is 1. The van der Waals surface area contributed by atoms with Crippen molar-refractivity contribution in [1.29, 1.82) is 0 Å². The summed E-state index contributed by atoms with van der Waals surface area (Å²) >= 11 is 0. The van der Waals surface area contributed by atoms with E-state index in [1.54, 1.807) is 13.8 Å². The van der Waals surface area contributed by atoms with Crippen LogP contribution in [-0.4, -0.2) is 71.6 Å². The SMILES string of the molecule is CC(C)C1=C2[C@H]3CC[C@@H]4[C@@]5(C)CC[C@H](OC(=O)CC(C)(C)C(=O)O)C(C)(C)[C@@H]5CC[C@@]4(C)[C@]3(C)CC[C@@]2(NC(=O)N2CCNCC2)CC1=O.Cl. The van der Waals surface area contributed by atoms with Crippen LogP contribution in [0.4, 0.5) is 4.79 Å². The smallest absolute Gasteiger partial charge is 0.318 e. The van der Waals surface area contributed by atoms with Crippen LogP contribution in [0.1, 0.15) is 127 Å². The van der Waals surface area contributed by atoms with Crippen molar-refractivity contribution < 1.29 is 29.0 Å². The number of allylic oxidation sites excluding steroid dienone is 1. The van der Waals surface area contributed by atoms with Gasteiger partial charge in [-0.3, -0.25) is 14.4 Å². The zero-order valence-electron chi connectivity index (χ0n) is 32.1. The molecule has 50 heavy (non-hydrogen) atoms. The van der Waals surface area contributed by atoms with Crippen LogP contribution >= 0.6 is 12.4 Å². The van der Waals surface area contributed by atoms with Gasteiger partial charge in [0.25, 0.3) is 0 Å². The van der Waals surface area contributed by atoms with E-state index in [0.29, 0.717) is 31.3 Å². The summed E-state index contributed by atoms with van der Waals surface area (Å²) in [7, 11) is 0. The Bertz CT molecular complexity index is 1440. The minimum atomic E-state index is -1.16. The lowest BCUT2D eigenvalue weighted by Gasteiger charge is -2.72. The van der Waals surface area contributed by atoms with Crippen molar-refractivity contribution in [3.05, 3.63) is 11.1 Å². The largest absolute Gasteiger partial charge is 0.481 e. The zero-order valence-corrected chi connectivity index (χ0v) is 32.9.